The van der Waals surface area contributed by atoms with E-state index in [1.807, 2.05) is 36.4 Å². The summed E-state index contributed by atoms with van der Waals surface area (Å²) in [5.74, 6) is 0.0555. The van der Waals surface area contributed by atoms with Crippen LogP contribution in [0, 0.1) is 0 Å². The molecule has 0 fully saturated rings. The predicted octanol–water partition coefficient (Wildman–Crippen LogP) is 3.57. The van der Waals surface area contributed by atoms with Gasteiger partial charge in [0, 0.05) is 11.9 Å². The van der Waals surface area contributed by atoms with Gasteiger partial charge < -0.3 is 10.4 Å². The molecule has 0 radical (unpaired) electrons. The van der Waals surface area contributed by atoms with Crippen molar-refractivity contribution in [2.24, 2.45) is 0 Å². The van der Waals surface area contributed by atoms with E-state index < -0.39 is 0 Å². The molecule has 2 aromatic carbocycles. The molecule has 0 spiro atoms. The number of rotatable bonds is 4. The van der Waals surface area contributed by atoms with Gasteiger partial charge in [0.25, 0.3) is 5.91 Å². The van der Waals surface area contributed by atoms with Crippen LogP contribution in [-0.4, -0.2) is 22.5 Å². The summed E-state index contributed by atoms with van der Waals surface area (Å²) >= 11 is 6.00. The molecule has 0 saturated heterocycles. The molecule has 1 aromatic heterocycles. The summed E-state index contributed by atoms with van der Waals surface area (Å²) in [6.45, 7) is 0.498. The molecule has 0 aliphatic rings. The lowest BCUT2D eigenvalue weighted by molar-refractivity contribution is 0.0955. The lowest BCUT2D eigenvalue weighted by Gasteiger charge is -2.08. The van der Waals surface area contributed by atoms with Gasteiger partial charge in [0.1, 0.15) is 10.9 Å². The molecule has 4 nitrogen and oxygen atoms in total. The zero-order valence-corrected chi connectivity index (χ0v) is 13.0. The molecule has 23 heavy (non-hydrogen) atoms. The zero-order valence-electron chi connectivity index (χ0n) is 12.3. The Kier molecular flexibility index (Phi) is 4.44. The van der Waals surface area contributed by atoms with Crippen molar-refractivity contribution in [2.75, 3.05) is 6.54 Å². The number of hydrogen-bond acceptors (Lipinski definition) is 3. The number of benzene rings is 2. The summed E-state index contributed by atoms with van der Waals surface area (Å²) < 4.78 is 0. The average molecular weight is 327 g/mol. The Labute approximate surface area is 138 Å². The molecule has 0 atom stereocenters. The normalized spacial score (nSPS) is 10.7. The van der Waals surface area contributed by atoms with Gasteiger partial charge in [0.05, 0.1) is 11.1 Å². The maximum Gasteiger partial charge on any atom is 0.252 e. The van der Waals surface area contributed by atoms with Gasteiger partial charge in [0.15, 0.2) is 0 Å². The third-order valence-corrected chi connectivity index (χ3v) is 3.76. The number of phenols is 1. The molecule has 5 heteroatoms. The smallest absolute Gasteiger partial charge is 0.252 e. The molecule has 3 rings (SSSR count). The van der Waals surface area contributed by atoms with E-state index in [1.54, 1.807) is 18.2 Å². The van der Waals surface area contributed by atoms with Crippen LogP contribution < -0.4 is 5.32 Å². The van der Waals surface area contributed by atoms with Gasteiger partial charge in [-0.2, -0.15) is 0 Å². The number of nitrogens with one attached hydrogen (secondary N) is 1. The van der Waals surface area contributed by atoms with Crippen LogP contribution in [0.15, 0.2) is 54.6 Å². The Morgan fingerprint density at radius 3 is 2.65 bits per heavy atom. The maximum atomic E-state index is 12.4. The minimum Gasteiger partial charge on any atom is -0.508 e. The van der Waals surface area contributed by atoms with Gasteiger partial charge >= 0.3 is 0 Å². The van der Waals surface area contributed by atoms with Crippen molar-refractivity contribution in [3.63, 3.8) is 0 Å². The lowest BCUT2D eigenvalue weighted by Crippen LogP contribution is -2.26. The Morgan fingerprint density at radius 2 is 1.87 bits per heavy atom. The van der Waals surface area contributed by atoms with Crippen molar-refractivity contribution in [1.29, 1.82) is 0 Å². The van der Waals surface area contributed by atoms with E-state index in [-0.39, 0.29) is 11.7 Å². The monoisotopic (exact) mass is 326 g/mol. The number of hydrogen-bond donors (Lipinski definition) is 2. The third-order valence-electron chi connectivity index (χ3n) is 3.57. The minimum atomic E-state index is -0.177. The van der Waals surface area contributed by atoms with Gasteiger partial charge in [0.2, 0.25) is 0 Å². The highest BCUT2D eigenvalue weighted by atomic mass is 35.5. The van der Waals surface area contributed by atoms with Gasteiger partial charge in [-0.05, 0) is 36.2 Å². The summed E-state index contributed by atoms with van der Waals surface area (Å²) in [5, 5.41) is 13.2. The highest BCUT2D eigenvalue weighted by Crippen LogP contribution is 2.20. The number of halogens is 1. The Balaban J connectivity index is 1.72. The van der Waals surface area contributed by atoms with Gasteiger partial charge in [-0.15, -0.1) is 0 Å². The number of nitrogens with zero attached hydrogens (tertiary/aromatic N) is 1. The summed E-state index contributed by atoms with van der Waals surface area (Å²) in [7, 11) is 0. The number of aromatic hydroxyl groups is 1. The van der Waals surface area contributed by atoms with Crippen LogP contribution in [0.2, 0.25) is 5.15 Å². The van der Waals surface area contributed by atoms with Crippen molar-refractivity contribution in [3.8, 4) is 5.75 Å². The molecule has 116 valence electrons. The van der Waals surface area contributed by atoms with E-state index >= 15 is 0 Å². The summed E-state index contributed by atoms with van der Waals surface area (Å²) in [6.07, 6.45) is 0.683. The molecule has 2 N–H and O–H groups in total. The van der Waals surface area contributed by atoms with Crippen molar-refractivity contribution in [3.05, 3.63) is 70.9 Å². The van der Waals surface area contributed by atoms with E-state index in [0.717, 1.165) is 10.9 Å². The van der Waals surface area contributed by atoms with Gasteiger partial charge in [-0.25, -0.2) is 4.98 Å². The molecule has 0 unspecified atom stereocenters. The van der Waals surface area contributed by atoms with Crippen molar-refractivity contribution in [1.82, 2.24) is 10.3 Å². The molecule has 0 aliphatic heterocycles. The second-order valence-electron chi connectivity index (χ2n) is 5.18. The Bertz CT molecular complexity index is 847. The van der Waals surface area contributed by atoms with Crippen molar-refractivity contribution in [2.45, 2.75) is 6.42 Å². The first-order valence-corrected chi connectivity index (χ1v) is 7.63. The van der Waals surface area contributed by atoms with Crippen LogP contribution in [-0.2, 0) is 6.42 Å². The quantitative estimate of drug-likeness (QED) is 0.720. The van der Waals surface area contributed by atoms with Crippen LogP contribution in [0.25, 0.3) is 10.9 Å². The number of aromatic nitrogens is 1. The van der Waals surface area contributed by atoms with E-state index in [4.69, 9.17) is 11.6 Å². The highest BCUT2D eigenvalue weighted by molar-refractivity contribution is 6.30. The average Bonchev–Trinajstić information content (AvgIpc) is 2.55. The van der Waals surface area contributed by atoms with Gasteiger partial charge in [-0.1, -0.05) is 41.9 Å². The van der Waals surface area contributed by atoms with Gasteiger partial charge in [-0.3, -0.25) is 4.79 Å². The van der Waals surface area contributed by atoms with Crippen LogP contribution in [0.1, 0.15) is 15.9 Å². The summed E-state index contributed by atoms with van der Waals surface area (Å²) in [5.41, 5.74) is 2.26. The molecule has 0 aliphatic carbocycles. The van der Waals surface area contributed by atoms with Crippen LogP contribution in [0.5, 0.6) is 5.75 Å². The lowest BCUT2D eigenvalue weighted by atomic mass is 10.1. The SMILES string of the molecule is O=C(NCCc1ccc(O)cc1)c1cc(Cl)nc2ccccc12. The number of carbonyl (C=O) groups is 1. The largest absolute Gasteiger partial charge is 0.508 e. The molecule has 0 bridgehead atoms. The summed E-state index contributed by atoms with van der Waals surface area (Å²) in [6, 6.07) is 15.9. The van der Waals surface area contributed by atoms with Crippen LogP contribution >= 0.6 is 11.6 Å². The fourth-order valence-corrected chi connectivity index (χ4v) is 2.61. The first-order chi connectivity index (χ1) is 11.1. The number of amides is 1. The Hall–Kier alpha value is -2.59. The number of pyridine rings is 1. The van der Waals surface area contributed by atoms with E-state index in [0.29, 0.717) is 29.2 Å². The molecule has 1 heterocycles. The van der Waals surface area contributed by atoms with Crippen LogP contribution in [0.4, 0.5) is 0 Å². The topological polar surface area (TPSA) is 62.2 Å². The second-order valence-corrected chi connectivity index (χ2v) is 5.57. The molecular formula is C18H15ClN2O2. The third kappa shape index (κ3) is 3.60. The highest BCUT2D eigenvalue weighted by Gasteiger charge is 2.11. The second kappa shape index (κ2) is 6.67. The predicted molar refractivity (Wildman–Crippen MR) is 90.9 cm³/mol. The van der Waals surface area contributed by atoms with E-state index in [1.165, 1.54) is 0 Å². The summed E-state index contributed by atoms with van der Waals surface area (Å²) in [4.78, 5) is 16.6. The molecule has 0 saturated carbocycles. The van der Waals surface area contributed by atoms with Crippen molar-refractivity contribution >= 4 is 28.4 Å². The van der Waals surface area contributed by atoms with E-state index in [9.17, 15) is 9.90 Å². The molecule has 1 amide bonds. The molecule has 3 aromatic rings. The first kappa shape index (κ1) is 15.3. The fraction of sp³-hybridized carbons (Fsp3) is 0.111. The number of fused-ring (bicyclic) bond motifs is 1. The van der Waals surface area contributed by atoms with Crippen LogP contribution in [0.3, 0.4) is 0 Å². The fourth-order valence-electron chi connectivity index (χ4n) is 2.41. The number of para-hydroxylation sites is 1. The molecular weight excluding hydrogens is 312 g/mol. The first-order valence-electron chi connectivity index (χ1n) is 7.25. The van der Waals surface area contributed by atoms with Crippen molar-refractivity contribution < 1.29 is 9.90 Å². The number of phenolic OH excluding ortho intramolecular Hbond substituents is 1. The van der Waals surface area contributed by atoms with E-state index in [2.05, 4.69) is 10.3 Å². The minimum absolute atomic E-state index is 0.177. The standard InChI is InChI=1S/C18H15ClN2O2/c19-17-11-15(14-3-1-2-4-16(14)21-17)18(23)20-10-9-12-5-7-13(22)8-6-12/h1-8,11,22H,9-10H2,(H,20,23). The maximum absolute atomic E-state index is 12.4. The number of carbonyl (C=O) groups excluding carboxylic acids is 1. The Morgan fingerprint density at radius 1 is 1.13 bits per heavy atom. The zero-order chi connectivity index (χ0) is 16.2.